The van der Waals surface area contributed by atoms with Crippen LogP contribution in [0.1, 0.15) is 20.8 Å². The highest BCUT2D eigenvalue weighted by Crippen LogP contribution is 2.14. The molecule has 0 saturated carbocycles. The highest BCUT2D eigenvalue weighted by Gasteiger charge is 2.20. The molecule has 0 aromatic heterocycles. The number of hydrogen-bond donors (Lipinski definition) is 1. The number of nitrogens with zero attached hydrogens (tertiary/aromatic N) is 3. The minimum absolute atomic E-state index is 0.234. The van der Waals surface area contributed by atoms with Gasteiger partial charge >= 0.3 is 0 Å². The summed E-state index contributed by atoms with van der Waals surface area (Å²) >= 11 is 0. The molecule has 1 fully saturated rings. The van der Waals surface area contributed by atoms with Gasteiger partial charge in [0.15, 0.2) is 0 Å². The molecule has 0 atom stereocenters. The smallest absolute Gasteiger partial charge is 0.0110 e. The third kappa shape index (κ3) is 5.65. The Morgan fingerprint density at radius 2 is 1.78 bits per heavy atom. The molecule has 0 spiro atoms. The van der Waals surface area contributed by atoms with Crippen LogP contribution in [0, 0.1) is 5.41 Å². The minimum atomic E-state index is 0.234. The number of piperazine rings is 1. The Hall–Kier alpha value is -0.160. The molecule has 0 amide bonds. The quantitative estimate of drug-likeness (QED) is 0.721. The SMILES string of the molecule is CCN(CCN1CCN(C)CC1)CC(C)(C)CN. The van der Waals surface area contributed by atoms with Crippen molar-refractivity contribution in [1.29, 1.82) is 0 Å². The number of nitrogens with two attached hydrogens (primary N) is 1. The van der Waals surface area contributed by atoms with Gasteiger partial charge in [-0.05, 0) is 25.6 Å². The van der Waals surface area contributed by atoms with E-state index >= 15 is 0 Å². The summed E-state index contributed by atoms with van der Waals surface area (Å²) in [6.07, 6.45) is 0. The Bertz CT molecular complexity index is 222. The Labute approximate surface area is 113 Å². The molecule has 0 aromatic rings. The van der Waals surface area contributed by atoms with Crippen LogP contribution < -0.4 is 5.73 Å². The largest absolute Gasteiger partial charge is 0.330 e. The fourth-order valence-electron chi connectivity index (χ4n) is 2.37. The normalized spacial score (nSPS) is 19.7. The van der Waals surface area contributed by atoms with E-state index in [4.69, 9.17) is 5.73 Å². The monoisotopic (exact) mass is 256 g/mol. The van der Waals surface area contributed by atoms with E-state index in [2.05, 4.69) is 42.5 Å². The van der Waals surface area contributed by atoms with Gasteiger partial charge in [0.05, 0.1) is 0 Å². The van der Waals surface area contributed by atoms with E-state index in [1.807, 2.05) is 0 Å². The maximum absolute atomic E-state index is 5.82. The molecule has 2 N–H and O–H groups in total. The van der Waals surface area contributed by atoms with E-state index in [-0.39, 0.29) is 5.41 Å². The second-order valence-electron chi connectivity index (χ2n) is 6.38. The highest BCUT2D eigenvalue weighted by atomic mass is 15.3. The summed E-state index contributed by atoms with van der Waals surface area (Å²) in [6, 6.07) is 0. The number of hydrogen-bond acceptors (Lipinski definition) is 4. The summed E-state index contributed by atoms with van der Waals surface area (Å²) in [6.45, 7) is 17.0. The van der Waals surface area contributed by atoms with Crippen molar-refractivity contribution in [3.63, 3.8) is 0 Å². The average molecular weight is 256 g/mol. The van der Waals surface area contributed by atoms with Gasteiger partial charge in [0.1, 0.15) is 0 Å². The van der Waals surface area contributed by atoms with Crippen molar-refractivity contribution in [2.24, 2.45) is 11.1 Å². The van der Waals surface area contributed by atoms with Gasteiger partial charge in [0.2, 0.25) is 0 Å². The standard InChI is InChI=1S/C14H32N4/c1-5-17(13-14(2,3)12-15)10-11-18-8-6-16(4)7-9-18/h5-13,15H2,1-4H3. The summed E-state index contributed by atoms with van der Waals surface area (Å²) in [7, 11) is 2.21. The molecule has 0 aromatic carbocycles. The number of rotatable bonds is 7. The van der Waals surface area contributed by atoms with Crippen LogP contribution in [0.15, 0.2) is 0 Å². The first-order valence-corrected chi connectivity index (χ1v) is 7.30. The van der Waals surface area contributed by atoms with Crippen LogP contribution in [0.2, 0.25) is 0 Å². The van der Waals surface area contributed by atoms with Crippen LogP contribution >= 0.6 is 0 Å². The summed E-state index contributed by atoms with van der Waals surface area (Å²) in [5.41, 5.74) is 6.06. The van der Waals surface area contributed by atoms with Crippen molar-refractivity contribution < 1.29 is 0 Å². The van der Waals surface area contributed by atoms with Crippen LogP contribution in [0.25, 0.3) is 0 Å². The molecule has 0 radical (unpaired) electrons. The van der Waals surface area contributed by atoms with Crippen LogP contribution in [-0.4, -0.2) is 80.7 Å². The van der Waals surface area contributed by atoms with Crippen molar-refractivity contribution in [3.8, 4) is 0 Å². The molecule has 0 bridgehead atoms. The fourth-order valence-corrected chi connectivity index (χ4v) is 2.37. The van der Waals surface area contributed by atoms with Gasteiger partial charge in [-0.2, -0.15) is 0 Å². The van der Waals surface area contributed by atoms with Crippen molar-refractivity contribution in [2.45, 2.75) is 20.8 Å². The van der Waals surface area contributed by atoms with E-state index < -0.39 is 0 Å². The van der Waals surface area contributed by atoms with E-state index in [1.54, 1.807) is 0 Å². The van der Waals surface area contributed by atoms with Gasteiger partial charge in [0.25, 0.3) is 0 Å². The topological polar surface area (TPSA) is 35.7 Å². The summed E-state index contributed by atoms with van der Waals surface area (Å²) in [5.74, 6) is 0. The third-order valence-corrected chi connectivity index (χ3v) is 3.98. The van der Waals surface area contributed by atoms with Gasteiger partial charge in [-0.25, -0.2) is 0 Å². The lowest BCUT2D eigenvalue weighted by molar-refractivity contribution is 0.122. The Morgan fingerprint density at radius 3 is 2.28 bits per heavy atom. The van der Waals surface area contributed by atoms with Crippen LogP contribution in [0.5, 0.6) is 0 Å². The lowest BCUT2D eigenvalue weighted by Crippen LogP contribution is -2.48. The first-order valence-electron chi connectivity index (χ1n) is 7.30. The molecule has 18 heavy (non-hydrogen) atoms. The summed E-state index contributed by atoms with van der Waals surface area (Å²) in [5, 5.41) is 0. The van der Waals surface area contributed by atoms with Crippen molar-refractivity contribution in [2.75, 3.05) is 66.0 Å². The minimum Gasteiger partial charge on any atom is -0.330 e. The zero-order valence-electron chi connectivity index (χ0n) is 12.8. The maximum atomic E-state index is 5.82. The molecule has 4 heteroatoms. The second-order valence-corrected chi connectivity index (χ2v) is 6.38. The number of likely N-dealkylation sites (N-methyl/N-ethyl adjacent to an activating group) is 2. The molecule has 108 valence electrons. The van der Waals surface area contributed by atoms with Gasteiger partial charge in [-0.1, -0.05) is 20.8 Å². The Kier molecular flexibility index (Phi) is 6.57. The molecule has 1 saturated heterocycles. The second kappa shape index (κ2) is 7.43. The van der Waals surface area contributed by atoms with Crippen molar-refractivity contribution in [3.05, 3.63) is 0 Å². The molecule has 1 rings (SSSR count). The van der Waals surface area contributed by atoms with Crippen LogP contribution in [-0.2, 0) is 0 Å². The molecule has 0 aliphatic carbocycles. The van der Waals surface area contributed by atoms with E-state index in [0.29, 0.717) is 0 Å². The lowest BCUT2D eigenvalue weighted by Gasteiger charge is -2.35. The summed E-state index contributed by atoms with van der Waals surface area (Å²) < 4.78 is 0. The van der Waals surface area contributed by atoms with Crippen molar-refractivity contribution in [1.82, 2.24) is 14.7 Å². The molecular weight excluding hydrogens is 224 g/mol. The van der Waals surface area contributed by atoms with Gasteiger partial charge < -0.3 is 15.5 Å². The third-order valence-electron chi connectivity index (χ3n) is 3.98. The molecule has 1 aliphatic rings. The van der Waals surface area contributed by atoms with Crippen LogP contribution in [0.4, 0.5) is 0 Å². The van der Waals surface area contributed by atoms with Gasteiger partial charge in [-0.3, -0.25) is 4.90 Å². The van der Waals surface area contributed by atoms with E-state index in [1.165, 1.54) is 39.3 Å². The summed E-state index contributed by atoms with van der Waals surface area (Å²) in [4.78, 5) is 7.52. The highest BCUT2D eigenvalue weighted by molar-refractivity contribution is 4.76. The molecular formula is C14H32N4. The maximum Gasteiger partial charge on any atom is 0.0110 e. The Balaban J connectivity index is 2.27. The predicted octanol–water partition coefficient (Wildman–Crippen LogP) is 0.541. The Morgan fingerprint density at radius 1 is 1.17 bits per heavy atom. The fraction of sp³-hybridized carbons (Fsp3) is 1.00. The molecule has 1 aliphatic heterocycles. The van der Waals surface area contributed by atoms with Crippen molar-refractivity contribution >= 4 is 0 Å². The first kappa shape index (κ1) is 15.9. The van der Waals surface area contributed by atoms with Gasteiger partial charge in [0, 0.05) is 45.8 Å². The van der Waals surface area contributed by atoms with E-state index in [0.717, 1.165) is 19.6 Å². The molecule has 1 heterocycles. The lowest BCUT2D eigenvalue weighted by atomic mass is 9.93. The average Bonchev–Trinajstić information content (AvgIpc) is 2.36. The van der Waals surface area contributed by atoms with Crippen LogP contribution in [0.3, 0.4) is 0 Å². The first-order chi connectivity index (χ1) is 8.46. The zero-order valence-corrected chi connectivity index (χ0v) is 12.8. The predicted molar refractivity (Wildman–Crippen MR) is 78.9 cm³/mol. The molecule has 4 nitrogen and oxygen atoms in total. The van der Waals surface area contributed by atoms with E-state index in [9.17, 15) is 0 Å². The van der Waals surface area contributed by atoms with Gasteiger partial charge in [-0.15, -0.1) is 0 Å². The molecule has 0 unspecified atom stereocenters. The zero-order chi connectivity index (χ0) is 13.6.